The maximum Gasteiger partial charge on any atom is 0.459 e. The molecular formula is C15H18F7NO. The van der Waals surface area contributed by atoms with Gasteiger partial charge in [-0.2, -0.15) is 30.7 Å². The molecule has 0 aliphatic carbocycles. The van der Waals surface area contributed by atoms with Crippen LogP contribution in [0.1, 0.15) is 31.9 Å². The Bertz CT molecular complexity index is 541. The second kappa shape index (κ2) is 7.16. The summed E-state index contributed by atoms with van der Waals surface area (Å²) >= 11 is 0. The lowest BCUT2D eigenvalue weighted by molar-refractivity contribution is -0.358. The second-order valence-corrected chi connectivity index (χ2v) is 5.26. The van der Waals surface area contributed by atoms with Crippen LogP contribution in [-0.4, -0.2) is 36.2 Å². The van der Waals surface area contributed by atoms with Crippen LogP contribution in [0.4, 0.5) is 36.4 Å². The van der Waals surface area contributed by atoms with Crippen molar-refractivity contribution < 1.29 is 35.8 Å². The Hall–Kier alpha value is -1.51. The maximum atomic E-state index is 13.4. The van der Waals surface area contributed by atoms with E-state index >= 15 is 0 Å². The molecule has 1 aromatic carbocycles. The molecule has 2 nitrogen and oxygen atoms in total. The van der Waals surface area contributed by atoms with Crippen LogP contribution in [0.15, 0.2) is 24.3 Å². The molecule has 1 atom stereocenters. The van der Waals surface area contributed by atoms with Gasteiger partial charge in [-0.05, 0) is 31.5 Å². The summed E-state index contributed by atoms with van der Waals surface area (Å²) < 4.78 is 89.0. The number of rotatable bonds is 7. The standard InChI is InChI=1S/C15H18F7NO/c1-3-23(4-2)11-7-5-6-10(8-11)12(24)9-13(16,17)14(18,19)15(20,21)22/h5-8,12,24H,3-4,9H2,1-2H3. The highest BCUT2D eigenvalue weighted by atomic mass is 19.4. The van der Waals surface area contributed by atoms with Crippen molar-refractivity contribution in [3.63, 3.8) is 0 Å². The average molecular weight is 361 g/mol. The summed E-state index contributed by atoms with van der Waals surface area (Å²) in [5.74, 6) is -11.7. The lowest BCUT2D eigenvalue weighted by Crippen LogP contribution is -2.52. The fourth-order valence-electron chi connectivity index (χ4n) is 2.21. The quantitative estimate of drug-likeness (QED) is 0.706. The van der Waals surface area contributed by atoms with Gasteiger partial charge < -0.3 is 10.0 Å². The first-order chi connectivity index (χ1) is 10.9. The van der Waals surface area contributed by atoms with Gasteiger partial charge >= 0.3 is 18.0 Å². The molecule has 0 radical (unpaired) electrons. The van der Waals surface area contributed by atoms with E-state index < -0.39 is 30.5 Å². The molecule has 0 spiro atoms. The van der Waals surface area contributed by atoms with E-state index in [1.807, 2.05) is 13.8 Å². The molecule has 0 saturated heterocycles. The van der Waals surface area contributed by atoms with Crippen LogP contribution in [0.3, 0.4) is 0 Å². The Morgan fingerprint density at radius 3 is 2.00 bits per heavy atom. The van der Waals surface area contributed by atoms with Gasteiger partial charge in [0, 0.05) is 25.2 Å². The highest BCUT2D eigenvalue weighted by Gasteiger charge is 2.72. The molecular weight excluding hydrogens is 343 g/mol. The van der Waals surface area contributed by atoms with Crippen LogP contribution in [-0.2, 0) is 0 Å². The molecule has 138 valence electrons. The van der Waals surface area contributed by atoms with Crippen molar-refractivity contribution in [1.82, 2.24) is 0 Å². The van der Waals surface area contributed by atoms with E-state index in [0.717, 1.165) is 0 Å². The molecule has 0 aromatic heterocycles. The number of nitrogens with zero attached hydrogens (tertiary/aromatic N) is 1. The van der Waals surface area contributed by atoms with Crippen molar-refractivity contribution in [2.45, 2.75) is 44.4 Å². The summed E-state index contributed by atoms with van der Waals surface area (Å²) in [5, 5.41) is 9.74. The van der Waals surface area contributed by atoms with E-state index in [0.29, 0.717) is 18.8 Å². The number of anilines is 1. The number of halogens is 7. The molecule has 24 heavy (non-hydrogen) atoms. The maximum absolute atomic E-state index is 13.4. The van der Waals surface area contributed by atoms with Crippen molar-refractivity contribution in [2.24, 2.45) is 0 Å². The van der Waals surface area contributed by atoms with Crippen molar-refractivity contribution >= 4 is 5.69 Å². The Morgan fingerprint density at radius 2 is 1.54 bits per heavy atom. The highest BCUT2D eigenvalue weighted by Crippen LogP contribution is 2.49. The van der Waals surface area contributed by atoms with Gasteiger partial charge in [-0.3, -0.25) is 0 Å². The van der Waals surface area contributed by atoms with Gasteiger partial charge in [0.15, 0.2) is 0 Å². The summed E-state index contributed by atoms with van der Waals surface area (Å²) in [6, 6.07) is 5.51. The van der Waals surface area contributed by atoms with Gasteiger partial charge in [-0.1, -0.05) is 12.1 Å². The van der Waals surface area contributed by atoms with Crippen LogP contribution < -0.4 is 4.90 Å². The normalized spacial score (nSPS) is 14.6. The molecule has 0 amide bonds. The smallest absolute Gasteiger partial charge is 0.388 e. The van der Waals surface area contributed by atoms with E-state index in [4.69, 9.17) is 0 Å². The predicted molar refractivity (Wildman–Crippen MR) is 75.5 cm³/mol. The SMILES string of the molecule is CCN(CC)c1cccc(C(O)CC(F)(F)C(F)(F)C(F)(F)F)c1. The van der Waals surface area contributed by atoms with Crippen LogP contribution in [0.5, 0.6) is 0 Å². The summed E-state index contributed by atoms with van der Waals surface area (Å²) in [7, 11) is 0. The summed E-state index contributed by atoms with van der Waals surface area (Å²) in [4.78, 5) is 1.80. The molecule has 1 aromatic rings. The lowest BCUT2D eigenvalue weighted by atomic mass is 9.98. The molecule has 0 saturated carbocycles. The Balaban J connectivity index is 3.03. The van der Waals surface area contributed by atoms with Crippen molar-refractivity contribution in [3.05, 3.63) is 29.8 Å². The average Bonchev–Trinajstić information content (AvgIpc) is 2.47. The Labute approximate surface area is 134 Å². The van der Waals surface area contributed by atoms with Gasteiger partial charge in [-0.15, -0.1) is 0 Å². The first-order valence-electron chi connectivity index (χ1n) is 7.22. The largest absolute Gasteiger partial charge is 0.459 e. The third-order valence-corrected chi connectivity index (χ3v) is 3.65. The zero-order chi connectivity index (χ0) is 18.8. The minimum absolute atomic E-state index is 0.156. The molecule has 0 aliphatic heterocycles. The number of aliphatic hydroxyl groups excluding tert-OH is 1. The van der Waals surface area contributed by atoms with Gasteiger partial charge in [0.2, 0.25) is 0 Å². The van der Waals surface area contributed by atoms with Crippen molar-refractivity contribution in [3.8, 4) is 0 Å². The van der Waals surface area contributed by atoms with Gasteiger partial charge in [-0.25, -0.2) is 0 Å². The predicted octanol–water partition coefficient (Wildman–Crippen LogP) is 4.79. The first kappa shape index (κ1) is 20.5. The van der Waals surface area contributed by atoms with Crippen LogP contribution >= 0.6 is 0 Å². The first-order valence-corrected chi connectivity index (χ1v) is 7.22. The van der Waals surface area contributed by atoms with Gasteiger partial charge in [0.05, 0.1) is 6.10 Å². The zero-order valence-corrected chi connectivity index (χ0v) is 13.0. The third-order valence-electron chi connectivity index (χ3n) is 3.65. The zero-order valence-electron chi connectivity index (χ0n) is 13.0. The minimum atomic E-state index is -6.40. The fraction of sp³-hybridized carbons (Fsp3) is 0.600. The second-order valence-electron chi connectivity index (χ2n) is 5.26. The molecule has 1 N–H and O–H groups in total. The van der Waals surface area contributed by atoms with Crippen LogP contribution in [0, 0.1) is 0 Å². The lowest BCUT2D eigenvalue weighted by Gasteiger charge is -2.30. The van der Waals surface area contributed by atoms with E-state index in [1.165, 1.54) is 18.2 Å². The topological polar surface area (TPSA) is 23.5 Å². The number of aliphatic hydroxyl groups is 1. The fourth-order valence-corrected chi connectivity index (χ4v) is 2.21. The van der Waals surface area contributed by atoms with Gasteiger partial charge in [0.1, 0.15) is 0 Å². The number of hydrogen-bond acceptors (Lipinski definition) is 2. The summed E-state index contributed by atoms with van der Waals surface area (Å²) in [5.41, 5.74) is 0.388. The minimum Gasteiger partial charge on any atom is -0.388 e. The summed E-state index contributed by atoms with van der Waals surface area (Å²) in [6.07, 6.45) is -10.6. The molecule has 0 heterocycles. The number of alkyl halides is 7. The van der Waals surface area contributed by atoms with Crippen molar-refractivity contribution in [1.29, 1.82) is 0 Å². The molecule has 1 rings (SSSR count). The van der Waals surface area contributed by atoms with Crippen molar-refractivity contribution in [2.75, 3.05) is 18.0 Å². The van der Waals surface area contributed by atoms with E-state index in [-0.39, 0.29) is 5.56 Å². The monoisotopic (exact) mass is 361 g/mol. The number of benzene rings is 1. The van der Waals surface area contributed by atoms with E-state index in [9.17, 15) is 35.8 Å². The molecule has 9 heteroatoms. The Morgan fingerprint density at radius 1 is 1.00 bits per heavy atom. The molecule has 0 bridgehead atoms. The number of hydrogen-bond donors (Lipinski definition) is 1. The van der Waals surface area contributed by atoms with Crippen LogP contribution in [0.2, 0.25) is 0 Å². The van der Waals surface area contributed by atoms with E-state index in [2.05, 4.69) is 0 Å². The Kier molecular flexibility index (Phi) is 6.13. The molecule has 1 unspecified atom stereocenters. The third kappa shape index (κ3) is 4.12. The van der Waals surface area contributed by atoms with E-state index in [1.54, 1.807) is 11.0 Å². The van der Waals surface area contributed by atoms with Gasteiger partial charge in [0.25, 0.3) is 0 Å². The summed E-state index contributed by atoms with van der Waals surface area (Å²) in [6.45, 7) is 4.78. The molecule has 0 aliphatic rings. The highest BCUT2D eigenvalue weighted by molar-refractivity contribution is 5.48. The molecule has 0 fully saturated rings. The van der Waals surface area contributed by atoms with Crippen LogP contribution in [0.25, 0.3) is 0 Å².